The Balaban J connectivity index is 1.54. The Bertz CT molecular complexity index is 916. The van der Waals surface area contributed by atoms with E-state index in [4.69, 9.17) is 11.6 Å². The van der Waals surface area contributed by atoms with Crippen LogP contribution in [0.5, 0.6) is 0 Å². The number of benzene rings is 1. The molecule has 5 nitrogen and oxygen atoms in total. The summed E-state index contributed by atoms with van der Waals surface area (Å²) in [6.07, 6.45) is 5.31. The third-order valence-corrected chi connectivity index (χ3v) is 7.49. The van der Waals surface area contributed by atoms with Crippen molar-refractivity contribution in [3.8, 4) is 0 Å². The van der Waals surface area contributed by atoms with Crippen LogP contribution >= 0.6 is 27.5 Å². The maximum Gasteiger partial charge on any atom is 0.282 e. The van der Waals surface area contributed by atoms with Crippen LogP contribution in [0.3, 0.4) is 0 Å². The number of hydrogen-bond donors (Lipinski definition) is 1. The highest BCUT2D eigenvalue weighted by Gasteiger charge is 2.51. The fraction of sp³-hybridized carbons (Fsp3) is 0.524. The van der Waals surface area contributed by atoms with Crippen LogP contribution < -0.4 is 10.9 Å². The van der Waals surface area contributed by atoms with Crippen molar-refractivity contribution >= 4 is 33.2 Å². The molecular formula is C21H26BrClN4O. The van der Waals surface area contributed by atoms with Gasteiger partial charge in [0.25, 0.3) is 5.56 Å². The van der Waals surface area contributed by atoms with Gasteiger partial charge in [-0.3, -0.25) is 4.79 Å². The number of likely N-dealkylation sites (tertiary alicyclic amines) is 1. The number of hydrogen-bond acceptors (Lipinski definition) is 4. The average Bonchev–Trinajstić information content (AvgIpc) is 2.68. The number of halogens is 2. The maximum absolute atomic E-state index is 12.2. The summed E-state index contributed by atoms with van der Waals surface area (Å²) < 4.78 is 1.89. The van der Waals surface area contributed by atoms with Gasteiger partial charge in [0.2, 0.25) is 0 Å². The van der Waals surface area contributed by atoms with Gasteiger partial charge in [0.05, 0.1) is 11.9 Å². The number of rotatable bonds is 4. The van der Waals surface area contributed by atoms with Crippen molar-refractivity contribution in [2.45, 2.75) is 37.1 Å². The van der Waals surface area contributed by atoms with E-state index < -0.39 is 0 Å². The lowest BCUT2D eigenvalue weighted by Crippen LogP contribution is -2.56. The summed E-state index contributed by atoms with van der Waals surface area (Å²) in [5.41, 5.74) is 3.53. The number of aromatic nitrogens is 2. The molecule has 2 aliphatic rings. The fourth-order valence-electron chi connectivity index (χ4n) is 5.02. The molecule has 3 atom stereocenters. The fourth-order valence-corrected chi connectivity index (χ4v) is 5.67. The summed E-state index contributed by atoms with van der Waals surface area (Å²) in [5, 5.41) is 7.74. The first kappa shape index (κ1) is 19.9. The molecule has 0 bridgehead atoms. The number of nitrogens with zero attached hydrogens (tertiary/aromatic N) is 3. The van der Waals surface area contributed by atoms with Crippen LogP contribution in [0.25, 0.3) is 0 Å². The topological polar surface area (TPSA) is 50.2 Å². The molecular weight excluding hydrogens is 440 g/mol. The molecule has 2 aromatic rings. The molecule has 28 heavy (non-hydrogen) atoms. The van der Waals surface area contributed by atoms with E-state index in [2.05, 4.69) is 62.6 Å². The van der Waals surface area contributed by atoms with Crippen LogP contribution in [0, 0.1) is 5.41 Å². The van der Waals surface area contributed by atoms with Gasteiger partial charge in [-0.15, -0.1) is 11.6 Å². The van der Waals surface area contributed by atoms with Crippen LogP contribution in [0.15, 0.2) is 39.7 Å². The van der Waals surface area contributed by atoms with E-state index in [0.717, 1.165) is 25.2 Å². The lowest BCUT2D eigenvalue weighted by Gasteiger charge is -2.56. The molecule has 1 aromatic carbocycles. The van der Waals surface area contributed by atoms with Gasteiger partial charge < -0.3 is 10.2 Å². The average molecular weight is 466 g/mol. The zero-order chi connectivity index (χ0) is 19.9. The molecule has 150 valence electrons. The van der Waals surface area contributed by atoms with E-state index in [9.17, 15) is 4.79 Å². The quantitative estimate of drug-likeness (QED) is 0.694. The molecule has 1 unspecified atom stereocenters. The van der Waals surface area contributed by atoms with Gasteiger partial charge in [-0.1, -0.05) is 24.3 Å². The Morgan fingerprint density at radius 2 is 2.07 bits per heavy atom. The standard InChI is InChI=1S/C21H26BrClN4O/c1-26-12-16(25-18-11-24-27(2)20(28)19(18)22)9-21(13-26)8-7-17(21)15-5-3-14(10-23)4-6-15/h3-6,11,16-17,25H,7-10,12-13H2,1-2H3/t16-,17-,21?/m1/s1. The SMILES string of the molecule is CN1C[C@H](Nc2cnn(C)c(=O)c2Br)CC2(CC[C@@H]2c2ccc(CCl)cc2)C1. The second-order valence-corrected chi connectivity index (χ2v) is 9.43. The van der Waals surface area contributed by atoms with Crippen LogP contribution in [0.2, 0.25) is 0 Å². The number of likely N-dealkylation sites (N-methyl/N-ethyl adjacent to an activating group) is 1. The van der Waals surface area contributed by atoms with Crippen molar-refractivity contribution in [1.82, 2.24) is 14.7 Å². The van der Waals surface area contributed by atoms with Crippen molar-refractivity contribution in [3.63, 3.8) is 0 Å². The second-order valence-electron chi connectivity index (χ2n) is 8.37. The van der Waals surface area contributed by atoms with Gasteiger partial charge in [-0.05, 0) is 64.7 Å². The molecule has 0 amide bonds. The van der Waals surface area contributed by atoms with Crippen molar-refractivity contribution in [3.05, 3.63) is 56.4 Å². The minimum Gasteiger partial charge on any atom is -0.379 e. The summed E-state index contributed by atoms with van der Waals surface area (Å²) in [5.74, 6) is 1.14. The Kier molecular flexibility index (Phi) is 5.55. The third-order valence-electron chi connectivity index (χ3n) is 6.41. The van der Waals surface area contributed by atoms with Crippen LogP contribution in [-0.2, 0) is 12.9 Å². The molecule has 1 aromatic heterocycles. The molecule has 1 aliphatic carbocycles. The van der Waals surface area contributed by atoms with Crippen molar-refractivity contribution in [2.24, 2.45) is 12.5 Å². The van der Waals surface area contributed by atoms with Crippen molar-refractivity contribution in [1.29, 1.82) is 0 Å². The Hall–Kier alpha value is -1.37. The van der Waals surface area contributed by atoms with Crippen LogP contribution in [0.1, 0.15) is 36.3 Å². The predicted molar refractivity (Wildman–Crippen MR) is 117 cm³/mol. The monoisotopic (exact) mass is 464 g/mol. The van der Waals surface area contributed by atoms with Gasteiger partial charge in [0.1, 0.15) is 4.47 Å². The molecule has 4 rings (SSSR count). The third kappa shape index (κ3) is 3.62. The molecule has 0 radical (unpaired) electrons. The zero-order valence-electron chi connectivity index (χ0n) is 16.3. The Morgan fingerprint density at radius 1 is 1.32 bits per heavy atom. The first-order valence-corrected chi connectivity index (χ1v) is 11.1. The number of piperidine rings is 1. The van der Waals surface area contributed by atoms with E-state index in [0.29, 0.717) is 16.3 Å². The molecule has 1 saturated carbocycles. The van der Waals surface area contributed by atoms with E-state index >= 15 is 0 Å². The van der Waals surface area contributed by atoms with Gasteiger partial charge in [0, 0.05) is 32.1 Å². The minimum atomic E-state index is -0.121. The van der Waals surface area contributed by atoms with Crippen LogP contribution in [-0.4, -0.2) is 40.9 Å². The highest BCUT2D eigenvalue weighted by molar-refractivity contribution is 9.10. The minimum absolute atomic E-state index is 0.121. The van der Waals surface area contributed by atoms with Crippen molar-refractivity contribution < 1.29 is 0 Å². The van der Waals surface area contributed by atoms with Gasteiger partial charge in [-0.25, -0.2) is 4.68 Å². The summed E-state index contributed by atoms with van der Waals surface area (Å²) in [6.45, 7) is 2.07. The smallest absolute Gasteiger partial charge is 0.282 e. The predicted octanol–water partition coefficient (Wildman–Crippen LogP) is 3.96. The Morgan fingerprint density at radius 3 is 2.71 bits per heavy atom. The summed E-state index contributed by atoms with van der Waals surface area (Å²) in [4.78, 5) is 14.6. The number of aryl methyl sites for hydroxylation is 1. The largest absolute Gasteiger partial charge is 0.379 e. The molecule has 2 heterocycles. The number of nitrogens with one attached hydrogen (secondary N) is 1. The van der Waals surface area contributed by atoms with E-state index in [1.807, 2.05) is 0 Å². The Labute approximate surface area is 179 Å². The van der Waals surface area contributed by atoms with E-state index in [1.54, 1.807) is 13.2 Å². The maximum atomic E-state index is 12.2. The number of anilines is 1. The summed E-state index contributed by atoms with van der Waals surface area (Å²) >= 11 is 9.38. The van der Waals surface area contributed by atoms with Crippen molar-refractivity contribution in [2.75, 3.05) is 25.5 Å². The number of alkyl halides is 1. The highest BCUT2D eigenvalue weighted by Crippen LogP contribution is 2.57. The zero-order valence-corrected chi connectivity index (χ0v) is 18.6. The molecule has 7 heteroatoms. The summed E-state index contributed by atoms with van der Waals surface area (Å²) in [7, 11) is 3.85. The first-order valence-electron chi connectivity index (χ1n) is 9.73. The lowest BCUT2D eigenvalue weighted by molar-refractivity contribution is -0.000729. The van der Waals surface area contributed by atoms with Crippen LogP contribution in [0.4, 0.5) is 5.69 Å². The first-order chi connectivity index (χ1) is 13.4. The molecule has 1 spiro atoms. The molecule has 2 fully saturated rings. The second kappa shape index (κ2) is 7.81. The van der Waals surface area contributed by atoms with E-state index in [1.165, 1.54) is 28.7 Å². The molecule has 1 saturated heterocycles. The molecule has 1 aliphatic heterocycles. The molecule has 1 N–H and O–H groups in total. The highest BCUT2D eigenvalue weighted by atomic mass is 79.9. The van der Waals surface area contributed by atoms with Gasteiger partial charge in [0.15, 0.2) is 0 Å². The normalized spacial score (nSPS) is 27.6. The van der Waals surface area contributed by atoms with E-state index in [-0.39, 0.29) is 17.0 Å². The van der Waals surface area contributed by atoms with Gasteiger partial charge in [-0.2, -0.15) is 5.10 Å². The lowest BCUT2D eigenvalue weighted by atomic mass is 9.54. The summed E-state index contributed by atoms with van der Waals surface area (Å²) in [6, 6.07) is 9.09. The van der Waals surface area contributed by atoms with Gasteiger partial charge >= 0.3 is 0 Å².